The summed E-state index contributed by atoms with van der Waals surface area (Å²) in [6, 6.07) is 7.89. The number of aromatic nitrogens is 2. The third-order valence-corrected chi connectivity index (χ3v) is 6.87. The van der Waals surface area contributed by atoms with Crippen molar-refractivity contribution in [3.63, 3.8) is 0 Å². The Bertz CT molecular complexity index is 1340. The molecule has 4 rings (SSSR count). The number of carboxylic acid groups (broad SMARTS) is 1. The van der Waals surface area contributed by atoms with Crippen molar-refractivity contribution in [2.75, 3.05) is 23.3 Å². The molecule has 1 fully saturated rings. The number of fused-ring (bicyclic) bond motifs is 1. The lowest BCUT2D eigenvalue weighted by Crippen LogP contribution is -2.40. The number of carboxylic acids is 1. The van der Waals surface area contributed by atoms with Crippen LogP contribution in [0, 0.1) is 18.2 Å². The fourth-order valence-corrected chi connectivity index (χ4v) is 4.59. The summed E-state index contributed by atoms with van der Waals surface area (Å²) in [6.07, 6.45) is 1.94. The first-order valence-electron chi connectivity index (χ1n) is 12.0. The zero-order chi connectivity index (χ0) is 26.8. The Morgan fingerprint density at radius 2 is 1.83 bits per heavy atom. The van der Waals surface area contributed by atoms with E-state index in [1.807, 2.05) is 6.92 Å². The number of benzene rings is 2. The molecular weight excluding hydrogens is 459 g/mol. The smallest absolute Gasteiger partial charge is 0.337 e. The van der Waals surface area contributed by atoms with Crippen LogP contribution in [0.4, 0.5) is 16.0 Å². The first-order valence-corrected chi connectivity index (χ1v) is 12.0. The zero-order valence-corrected chi connectivity index (χ0v) is 21.7. The number of piperidine rings is 1. The number of aryl methyl sites for hydroxylation is 1. The molecule has 0 saturated carbocycles. The van der Waals surface area contributed by atoms with Gasteiger partial charge in [0.25, 0.3) is 5.56 Å². The van der Waals surface area contributed by atoms with Crippen molar-refractivity contribution in [2.45, 2.75) is 46.6 Å². The van der Waals surface area contributed by atoms with E-state index in [0.29, 0.717) is 28.3 Å². The zero-order valence-electron chi connectivity index (χ0n) is 21.7. The van der Waals surface area contributed by atoms with Crippen LogP contribution >= 0.6 is 0 Å². The monoisotopic (exact) mass is 494 g/mol. The Kier molecular flexibility index (Phi) is 7.86. The third-order valence-electron chi connectivity index (χ3n) is 6.87. The molecule has 8 heteroatoms. The highest BCUT2D eigenvalue weighted by molar-refractivity contribution is 5.94. The minimum absolute atomic E-state index is 0.0428. The first-order chi connectivity index (χ1) is 17.0. The Morgan fingerprint density at radius 1 is 1.22 bits per heavy atom. The molecule has 1 unspecified atom stereocenters. The molecule has 0 bridgehead atoms. The second-order valence-electron chi connectivity index (χ2n) is 9.96. The van der Waals surface area contributed by atoms with Crippen molar-refractivity contribution in [3.05, 3.63) is 76.4 Å². The molecule has 2 heterocycles. The Hall–Kier alpha value is -3.68. The molecule has 0 amide bonds. The molecule has 1 aliphatic heterocycles. The molecule has 2 aromatic carbocycles. The van der Waals surface area contributed by atoms with E-state index >= 15 is 4.39 Å². The fourth-order valence-electron chi connectivity index (χ4n) is 4.59. The summed E-state index contributed by atoms with van der Waals surface area (Å²) in [5.74, 6) is -1.09. The van der Waals surface area contributed by atoms with Crippen molar-refractivity contribution in [3.8, 4) is 0 Å². The summed E-state index contributed by atoms with van der Waals surface area (Å²) >= 11 is 0. The molecule has 0 spiro atoms. The van der Waals surface area contributed by atoms with Crippen LogP contribution < -0.4 is 15.8 Å². The number of halogens is 1. The van der Waals surface area contributed by atoms with Gasteiger partial charge in [0.2, 0.25) is 5.95 Å². The van der Waals surface area contributed by atoms with E-state index < -0.39 is 23.4 Å². The van der Waals surface area contributed by atoms with Crippen molar-refractivity contribution in [1.29, 1.82) is 0 Å². The topological polar surface area (TPSA) is 87.5 Å². The van der Waals surface area contributed by atoms with Gasteiger partial charge in [-0.3, -0.25) is 9.36 Å². The highest BCUT2D eigenvalue weighted by Crippen LogP contribution is 2.33. The van der Waals surface area contributed by atoms with Gasteiger partial charge in [0.1, 0.15) is 11.2 Å². The molecule has 7 nitrogen and oxygen atoms in total. The van der Waals surface area contributed by atoms with E-state index in [1.165, 1.54) is 10.6 Å². The molecule has 1 aliphatic rings. The number of nitrogens with one attached hydrogen (secondary N) is 1. The van der Waals surface area contributed by atoms with Gasteiger partial charge in [0, 0.05) is 31.4 Å². The maximum Gasteiger partial charge on any atom is 0.337 e. The number of nitrogens with zero attached hydrogens (tertiary/aromatic N) is 3. The van der Waals surface area contributed by atoms with E-state index in [0.717, 1.165) is 25.9 Å². The predicted octanol–water partition coefficient (Wildman–Crippen LogP) is 5.68. The van der Waals surface area contributed by atoms with Crippen LogP contribution in [0.15, 0.2) is 48.3 Å². The molecule has 1 aromatic heterocycles. The number of rotatable bonds is 5. The van der Waals surface area contributed by atoms with E-state index in [-0.39, 0.29) is 16.4 Å². The summed E-state index contributed by atoms with van der Waals surface area (Å²) < 4.78 is 16.6. The largest absolute Gasteiger partial charge is 0.478 e. The summed E-state index contributed by atoms with van der Waals surface area (Å²) in [5.41, 5.74) is 1.68. The Labute approximate surface area is 211 Å². The van der Waals surface area contributed by atoms with Gasteiger partial charge < -0.3 is 15.3 Å². The van der Waals surface area contributed by atoms with Crippen molar-refractivity contribution < 1.29 is 14.3 Å². The SMILES string of the molecule is C=C.Cc1cc(C(C)Nc2ccccc2C(=O)O)c2nc(N3CCC(C)(C)CC3)n(C)c(=O)c2c1F. The molecular formula is C28H35FN4O3. The summed E-state index contributed by atoms with van der Waals surface area (Å²) in [5, 5.41) is 12.7. The lowest BCUT2D eigenvalue weighted by atomic mass is 9.83. The van der Waals surface area contributed by atoms with E-state index in [4.69, 9.17) is 4.98 Å². The summed E-state index contributed by atoms with van der Waals surface area (Å²) in [7, 11) is 1.64. The maximum atomic E-state index is 15.2. The fraction of sp³-hybridized carbons (Fsp3) is 0.393. The molecule has 0 radical (unpaired) electrons. The minimum Gasteiger partial charge on any atom is -0.478 e. The van der Waals surface area contributed by atoms with Crippen LogP contribution in [0.2, 0.25) is 0 Å². The summed E-state index contributed by atoms with van der Waals surface area (Å²) in [6.45, 7) is 15.5. The van der Waals surface area contributed by atoms with E-state index in [9.17, 15) is 14.7 Å². The number of aromatic carboxylic acids is 1. The van der Waals surface area contributed by atoms with E-state index in [2.05, 4.69) is 37.2 Å². The van der Waals surface area contributed by atoms with Crippen LogP contribution in [-0.4, -0.2) is 33.7 Å². The van der Waals surface area contributed by atoms with E-state index in [1.54, 1.807) is 38.2 Å². The minimum atomic E-state index is -1.04. The predicted molar refractivity (Wildman–Crippen MR) is 144 cm³/mol. The number of hydrogen-bond donors (Lipinski definition) is 2. The van der Waals surface area contributed by atoms with Gasteiger partial charge in [0.15, 0.2) is 0 Å². The van der Waals surface area contributed by atoms with Gasteiger partial charge in [-0.25, -0.2) is 14.2 Å². The van der Waals surface area contributed by atoms with Crippen LogP contribution in [-0.2, 0) is 7.05 Å². The van der Waals surface area contributed by atoms with Crippen LogP contribution in [0.25, 0.3) is 10.9 Å². The number of carbonyl (C=O) groups is 1. The average molecular weight is 495 g/mol. The normalized spacial score (nSPS) is 15.7. The molecule has 0 aliphatic carbocycles. The lowest BCUT2D eigenvalue weighted by Gasteiger charge is -2.38. The average Bonchev–Trinajstić information content (AvgIpc) is 2.84. The standard InChI is InChI=1S/C26H31FN4O3.C2H4/c1-15-14-18(16(2)28-19-9-7-6-8-17(19)24(33)34)22-20(21(15)27)23(32)30(5)25(29-22)31-12-10-26(3,4)11-13-31;1-2/h6-9,14,16,28H,10-13H2,1-5H3,(H,33,34);1-2H2. The van der Waals surface area contributed by atoms with Crippen LogP contribution in [0.5, 0.6) is 0 Å². The highest BCUT2D eigenvalue weighted by atomic mass is 19.1. The Balaban J connectivity index is 0.00000176. The van der Waals surface area contributed by atoms with Gasteiger partial charge in [-0.15, -0.1) is 13.2 Å². The Morgan fingerprint density at radius 3 is 2.44 bits per heavy atom. The third kappa shape index (κ3) is 5.12. The van der Waals surface area contributed by atoms with Gasteiger partial charge in [-0.1, -0.05) is 26.0 Å². The first kappa shape index (κ1) is 26.9. The van der Waals surface area contributed by atoms with Crippen molar-refractivity contribution >= 4 is 28.5 Å². The van der Waals surface area contributed by atoms with Crippen molar-refractivity contribution in [1.82, 2.24) is 9.55 Å². The van der Waals surface area contributed by atoms with Gasteiger partial charge in [-0.2, -0.15) is 0 Å². The second kappa shape index (κ2) is 10.5. The van der Waals surface area contributed by atoms with Crippen LogP contribution in [0.1, 0.15) is 61.1 Å². The highest BCUT2D eigenvalue weighted by Gasteiger charge is 2.29. The summed E-state index contributed by atoms with van der Waals surface area (Å²) in [4.78, 5) is 31.9. The lowest BCUT2D eigenvalue weighted by molar-refractivity contribution is 0.0698. The molecule has 36 heavy (non-hydrogen) atoms. The quantitative estimate of drug-likeness (QED) is 0.444. The molecule has 192 valence electrons. The molecule has 1 atom stereocenters. The van der Waals surface area contributed by atoms with Crippen molar-refractivity contribution in [2.24, 2.45) is 12.5 Å². The number of para-hydroxylation sites is 1. The van der Waals surface area contributed by atoms with Gasteiger partial charge in [0.05, 0.1) is 17.1 Å². The number of hydrogen-bond acceptors (Lipinski definition) is 5. The molecule has 1 saturated heterocycles. The van der Waals surface area contributed by atoms with Gasteiger partial charge in [-0.05, 0) is 55.9 Å². The number of anilines is 2. The second-order valence-corrected chi connectivity index (χ2v) is 9.96. The van der Waals surface area contributed by atoms with Crippen LogP contribution in [0.3, 0.4) is 0 Å². The molecule has 3 aromatic rings. The molecule has 2 N–H and O–H groups in total. The van der Waals surface area contributed by atoms with Gasteiger partial charge >= 0.3 is 5.97 Å². The maximum absolute atomic E-state index is 15.2.